The van der Waals surface area contributed by atoms with Crippen LogP contribution in [-0.4, -0.2) is 24.1 Å². The van der Waals surface area contributed by atoms with Crippen molar-refractivity contribution in [1.82, 2.24) is 10.3 Å². The van der Waals surface area contributed by atoms with Gasteiger partial charge in [-0.25, -0.2) is 4.79 Å². The fourth-order valence-corrected chi connectivity index (χ4v) is 1.40. The zero-order valence-corrected chi connectivity index (χ0v) is 9.11. The molecule has 5 nitrogen and oxygen atoms in total. The summed E-state index contributed by atoms with van der Waals surface area (Å²) in [7, 11) is 0. The number of nitrogens with zero attached hydrogens (tertiary/aromatic N) is 3. The standard InChI is InChI=1S/C10H9F3N4O/c11-10(12,13)7-2-1-3-8(6-7)15-16-17-5-4-14-9(17)18/h1-3,6H,4-5H2,(H,14,18). The average molecular weight is 258 g/mol. The van der Waals surface area contributed by atoms with Gasteiger partial charge in [0, 0.05) is 6.54 Å². The number of urea groups is 1. The maximum atomic E-state index is 12.4. The molecule has 1 N–H and O–H groups in total. The quantitative estimate of drug-likeness (QED) is 0.814. The van der Waals surface area contributed by atoms with Crippen molar-refractivity contribution in [3.05, 3.63) is 29.8 Å². The van der Waals surface area contributed by atoms with Crippen LogP contribution in [0.15, 0.2) is 34.6 Å². The molecular formula is C10H9F3N4O. The third-order valence-corrected chi connectivity index (χ3v) is 2.28. The van der Waals surface area contributed by atoms with E-state index in [2.05, 4.69) is 15.7 Å². The zero-order valence-electron chi connectivity index (χ0n) is 9.11. The largest absolute Gasteiger partial charge is 0.416 e. The number of benzene rings is 1. The van der Waals surface area contributed by atoms with Crippen molar-refractivity contribution in [3.63, 3.8) is 0 Å². The second-order valence-electron chi connectivity index (χ2n) is 3.59. The lowest BCUT2D eigenvalue weighted by molar-refractivity contribution is -0.137. The van der Waals surface area contributed by atoms with Crippen molar-refractivity contribution >= 4 is 11.7 Å². The van der Waals surface area contributed by atoms with E-state index in [1.165, 1.54) is 12.1 Å². The minimum absolute atomic E-state index is 0.0459. The normalized spacial score (nSPS) is 16.4. The van der Waals surface area contributed by atoms with Gasteiger partial charge in [-0.2, -0.15) is 18.2 Å². The first-order valence-electron chi connectivity index (χ1n) is 5.11. The van der Waals surface area contributed by atoms with Crippen molar-refractivity contribution in [2.75, 3.05) is 13.1 Å². The lowest BCUT2D eigenvalue weighted by Gasteiger charge is -2.07. The predicted octanol–water partition coefficient (Wildman–Crippen LogP) is 2.73. The van der Waals surface area contributed by atoms with E-state index in [0.29, 0.717) is 13.1 Å². The first-order valence-corrected chi connectivity index (χ1v) is 5.11. The molecule has 1 aromatic rings. The predicted molar refractivity (Wildman–Crippen MR) is 56.1 cm³/mol. The van der Waals surface area contributed by atoms with Gasteiger partial charge in [-0.05, 0) is 18.2 Å². The molecular weight excluding hydrogens is 249 g/mol. The summed E-state index contributed by atoms with van der Waals surface area (Å²) in [5, 5.41) is 10.7. The third kappa shape index (κ3) is 2.76. The molecule has 0 aliphatic carbocycles. The summed E-state index contributed by atoms with van der Waals surface area (Å²) >= 11 is 0. The van der Waals surface area contributed by atoms with E-state index in [1.54, 1.807) is 0 Å². The Morgan fingerprint density at radius 3 is 2.72 bits per heavy atom. The van der Waals surface area contributed by atoms with Crippen LogP contribution in [-0.2, 0) is 6.18 Å². The highest BCUT2D eigenvalue weighted by atomic mass is 19.4. The van der Waals surface area contributed by atoms with Crippen LogP contribution < -0.4 is 5.32 Å². The number of carbonyl (C=O) groups is 1. The average Bonchev–Trinajstić information content (AvgIpc) is 2.72. The first kappa shape index (κ1) is 12.3. The highest BCUT2D eigenvalue weighted by Crippen LogP contribution is 2.31. The summed E-state index contributed by atoms with van der Waals surface area (Å²) in [6.45, 7) is 0.793. The Morgan fingerprint density at radius 2 is 2.11 bits per heavy atom. The van der Waals surface area contributed by atoms with Crippen molar-refractivity contribution in [2.45, 2.75) is 6.18 Å². The van der Waals surface area contributed by atoms with E-state index < -0.39 is 17.8 Å². The molecule has 1 heterocycles. The second-order valence-corrected chi connectivity index (χ2v) is 3.59. The van der Waals surface area contributed by atoms with Gasteiger partial charge in [0.05, 0.1) is 17.8 Å². The van der Waals surface area contributed by atoms with Crippen molar-refractivity contribution in [2.24, 2.45) is 10.3 Å². The van der Waals surface area contributed by atoms with Crippen LogP contribution in [0.25, 0.3) is 0 Å². The third-order valence-electron chi connectivity index (χ3n) is 2.28. The van der Waals surface area contributed by atoms with Gasteiger partial charge in [-0.3, -0.25) is 0 Å². The number of hydrogen-bond acceptors (Lipinski definition) is 3. The van der Waals surface area contributed by atoms with Gasteiger partial charge < -0.3 is 5.32 Å². The number of nitrogens with one attached hydrogen (secondary N) is 1. The number of amides is 2. The fourth-order valence-electron chi connectivity index (χ4n) is 1.40. The van der Waals surface area contributed by atoms with Crippen LogP contribution in [0.3, 0.4) is 0 Å². The van der Waals surface area contributed by atoms with Crippen LogP contribution in [0.4, 0.5) is 23.7 Å². The lowest BCUT2D eigenvalue weighted by Crippen LogP contribution is -2.22. The van der Waals surface area contributed by atoms with Gasteiger partial charge in [0.2, 0.25) is 0 Å². The Balaban J connectivity index is 2.14. The molecule has 0 radical (unpaired) electrons. The van der Waals surface area contributed by atoms with Crippen LogP contribution >= 0.6 is 0 Å². The van der Waals surface area contributed by atoms with E-state index in [0.717, 1.165) is 17.1 Å². The SMILES string of the molecule is O=C1NCCN1N=Nc1cccc(C(F)(F)F)c1. The van der Waals surface area contributed by atoms with Gasteiger partial charge in [0.15, 0.2) is 0 Å². The lowest BCUT2D eigenvalue weighted by atomic mass is 10.2. The molecule has 0 unspecified atom stereocenters. The number of hydrogen-bond donors (Lipinski definition) is 1. The van der Waals surface area contributed by atoms with Crippen LogP contribution in [0.1, 0.15) is 5.56 Å². The Kier molecular flexibility index (Phi) is 3.17. The molecule has 1 aliphatic rings. The molecule has 8 heteroatoms. The number of rotatable bonds is 2. The molecule has 2 amide bonds. The van der Waals surface area contributed by atoms with E-state index in [1.807, 2.05) is 0 Å². The maximum Gasteiger partial charge on any atom is 0.416 e. The molecule has 1 fully saturated rings. The summed E-state index contributed by atoms with van der Waals surface area (Å²) in [4.78, 5) is 11.1. The van der Waals surface area contributed by atoms with Crippen molar-refractivity contribution in [1.29, 1.82) is 0 Å². The van der Waals surface area contributed by atoms with E-state index in [4.69, 9.17) is 0 Å². The molecule has 0 saturated carbocycles. The van der Waals surface area contributed by atoms with Gasteiger partial charge >= 0.3 is 12.2 Å². The maximum absolute atomic E-state index is 12.4. The molecule has 0 spiro atoms. The Labute approximate surface area is 100 Å². The molecule has 2 rings (SSSR count). The highest BCUT2D eigenvalue weighted by molar-refractivity contribution is 5.75. The smallest absolute Gasteiger partial charge is 0.335 e. The second kappa shape index (κ2) is 4.63. The molecule has 0 aromatic heterocycles. The molecule has 0 atom stereocenters. The minimum atomic E-state index is -4.42. The number of alkyl halides is 3. The monoisotopic (exact) mass is 258 g/mol. The number of halogens is 3. The van der Waals surface area contributed by atoms with Gasteiger partial charge in [-0.1, -0.05) is 11.3 Å². The van der Waals surface area contributed by atoms with E-state index in [-0.39, 0.29) is 5.69 Å². The molecule has 1 aliphatic heterocycles. The van der Waals surface area contributed by atoms with Crippen molar-refractivity contribution in [3.8, 4) is 0 Å². The Bertz CT molecular complexity index is 486. The number of carbonyl (C=O) groups excluding carboxylic acids is 1. The molecule has 0 bridgehead atoms. The Morgan fingerprint density at radius 1 is 1.33 bits per heavy atom. The summed E-state index contributed by atoms with van der Waals surface area (Å²) in [6.07, 6.45) is -4.42. The molecule has 96 valence electrons. The van der Waals surface area contributed by atoms with Crippen molar-refractivity contribution < 1.29 is 18.0 Å². The van der Waals surface area contributed by atoms with Crippen LogP contribution in [0.2, 0.25) is 0 Å². The fraction of sp³-hybridized carbons (Fsp3) is 0.300. The highest BCUT2D eigenvalue weighted by Gasteiger charge is 2.30. The minimum Gasteiger partial charge on any atom is -0.335 e. The zero-order chi connectivity index (χ0) is 13.2. The summed E-state index contributed by atoms with van der Waals surface area (Å²) in [5.74, 6) is 0. The van der Waals surface area contributed by atoms with E-state index in [9.17, 15) is 18.0 Å². The summed E-state index contributed by atoms with van der Waals surface area (Å²) < 4.78 is 37.3. The topological polar surface area (TPSA) is 57.1 Å². The van der Waals surface area contributed by atoms with Gasteiger partial charge in [0.25, 0.3) is 0 Å². The Hall–Kier alpha value is -2.12. The van der Waals surface area contributed by atoms with Crippen LogP contribution in [0, 0.1) is 0 Å². The van der Waals surface area contributed by atoms with E-state index >= 15 is 0 Å². The van der Waals surface area contributed by atoms with Gasteiger partial charge in [0.1, 0.15) is 0 Å². The van der Waals surface area contributed by atoms with Crippen LogP contribution in [0.5, 0.6) is 0 Å². The molecule has 1 saturated heterocycles. The molecule has 1 aromatic carbocycles. The summed E-state index contributed by atoms with van der Waals surface area (Å²) in [5.41, 5.74) is -0.755. The van der Waals surface area contributed by atoms with Gasteiger partial charge in [-0.15, -0.1) is 5.11 Å². The first-order chi connectivity index (χ1) is 8.47. The summed E-state index contributed by atoms with van der Waals surface area (Å²) in [6, 6.07) is 4.03. The molecule has 18 heavy (non-hydrogen) atoms.